The van der Waals surface area contributed by atoms with Crippen molar-refractivity contribution in [2.24, 2.45) is 0 Å². The minimum Gasteiger partial charge on any atom is -0.497 e. The molecule has 1 amide bonds. The summed E-state index contributed by atoms with van der Waals surface area (Å²) in [4.78, 5) is 12.4. The highest BCUT2D eigenvalue weighted by molar-refractivity contribution is 5.92. The van der Waals surface area contributed by atoms with Gasteiger partial charge in [0, 0.05) is 28.7 Å². The number of benzene rings is 3. The molecule has 3 aromatic rings. The van der Waals surface area contributed by atoms with Crippen LogP contribution >= 0.6 is 0 Å². The summed E-state index contributed by atoms with van der Waals surface area (Å²) in [5.41, 5.74) is 3.39. The number of ether oxygens (including phenoxy) is 3. The number of anilines is 3. The Hall–Kier alpha value is -3.67. The summed E-state index contributed by atoms with van der Waals surface area (Å²) in [5, 5.41) is 6.21. The van der Waals surface area contributed by atoms with E-state index in [2.05, 4.69) is 10.6 Å². The van der Waals surface area contributed by atoms with Crippen molar-refractivity contribution < 1.29 is 19.0 Å². The number of methoxy groups -OCH3 is 3. The highest BCUT2D eigenvalue weighted by Crippen LogP contribution is 2.25. The Morgan fingerprint density at radius 1 is 0.724 bits per heavy atom. The summed E-state index contributed by atoms with van der Waals surface area (Å²) in [5.74, 6) is 2.00. The van der Waals surface area contributed by atoms with Crippen molar-refractivity contribution in [1.29, 1.82) is 0 Å². The smallest absolute Gasteiger partial charge is 0.228 e. The zero-order chi connectivity index (χ0) is 20.6. The number of carbonyl (C=O) groups excluding carboxylic acids is 1. The molecular formula is C23H24N2O4. The largest absolute Gasteiger partial charge is 0.497 e. The van der Waals surface area contributed by atoms with E-state index >= 15 is 0 Å². The van der Waals surface area contributed by atoms with E-state index in [4.69, 9.17) is 14.2 Å². The van der Waals surface area contributed by atoms with Crippen molar-refractivity contribution in [2.45, 2.75) is 6.42 Å². The first-order valence-electron chi connectivity index (χ1n) is 9.13. The van der Waals surface area contributed by atoms with Gasteiger partial charge in [-0.05, 0) is 54.6 Å². The van der Waals surface area contributed by atoms with Gasteiger partial charge in [-0.25, -0.2) is 0 Å². The van der Waals surface area contributed by atoms with Crippen molar-refractivity contribution in [2.75, 3.05) is 32.0 Å². The quantitative estimate of drug-likeness (QED) is 0.585. The van der Waals surface area contributed by atoms with E-state index < -0.39 is 0 Å². The third-order valence-electron chi connectivity index (χ3n) is 4.39. The molecule has 6 heteroatoms. The highest BCUT2D eigenvalue weighted by Gasteiger charge is 2.10. The summed E-state index contributed by atoms with van der Waals surface area (Å²) >= 11 is 0. The molecule has 6 nitrogen and oxygen atoms in total. The van der Waals surface area contributed by atoms with E-state index in [0.717, 1.165) is 28.4 Å². The monoisotopic (exact) mass is 392 g/mol. The fourth-order valence-corrected chi connectivity index (χ4v) is 2.85. The molecule has 2 N–H and O–H groups in total. The Bertz CT molecular complexity index is 954. The predicted molar refractivity (Wildman–Crippen MR) is 115 cm³/mol. The SMILES string of the molecule is COc1ccc(Nc2ccc(NC(=O)Cc3ccc(OC)cc3OC)cc2)cc1. The van der Waals surface area contributed by atoms with E-state index in [1.165, 1.54) is 0 Å². The van der Waals surface area contributed by atoms with Crippen LogP contribution in [0.5, 0.6) is 17.2 Å². The van der Waals surface area contributed by atoms with Gasteiger partial charge in [0.1, 0.15) is 17.2 Å². The number of carbonyl (C=O) groups is 1. The maximum Gasteiger partial charge on any atom is 0.228 e. The predicted octanol–water partition coefficient (Wildman–Crippen LogP) is 4.64. The van der Waals surface area contributed by atoms with Crippen LogP contribution in [0.1, 0.15) is 5.56 Å². The summed E-state index contributed by atoms with van der Waals surface area (Å²) in [7, 11) is 4.80. The van der Waals surface area contributed by atoms with Crippen molar-refractivity contribution in [3.8, 4) is 17.2 Å². The fraction of sp³-hybridized carbons (Fsp3) is 0.174. The Balaban J connectivity index is 1.59. The van der Waals surface area contributed by atoms with Crippen LogP contribution in [0, 0.1) is 0 Å². The number of nitrogens with one attached hydrogen (secondary N) is 2. The topological polar surface area (TPSA) is 68.8 Å². The van der Waals surface area contributed by atoms with Gasteiger partial charge < -0.3 is 24.8 Å². The van der Waals surface area contributed by atoms with Crippen LogP contribution in [0.15, 0.2) is 66.7 Å². The van der Waals surface area contributed by atoms with E-state index in [0.29, 0.717) is 11.5 Å². The molecule has 0 aliphatic rings. The van der Waals surface area contributed by atoms with Gasteiger partial charge in [0.15, 0.2) is 0 Å². The van der Waals surface area contributed by atoms with Gasteiger partial charge in [0.2, 0.25) is 5.91 Å². The molecular weight excluding hydrogens is 368 g/mol. The molecule has 0 saturated carbocycles. The van der Waals surface area contributed by atoms with Crippen molar-refractivity contribution in [1.82, 2.24) is 0 Å². The van der Waals surface area contributed by atoms with Crippen LogP contribution in [-0.2, 0) is 11.2 Å². The molecule has 0 bridgehead atoms. The maximum atomic E-state index is 12.4. The van der Waals surface area contributed by atoms with Crippen LogP contribution in [0.2, 0.25) is 0 Å². The summed E-state index contributed by atoms with van der Waals surface area (Å²) in [6, 6.07) is 20.6. The van der Waals surface area contributed by atoms with Gasteiger partial charge >= 0.3 is 0 Å². The second kappa shape index (κ2) is 9.50. The molecule has 3 rings (SSSR count). The zero-order valence-electron chi connectivity index (χ0n) is 16.7. The lowest BCUT2D eigenvalue weighted by Crippen LogP contribution is -2.15. The average molecular weight is 392 g/mol. The minimum absolute atomic E-state index is 0.121. The summed E-state index contributed by atoms with van der Waals surface area (Å²) in [6.07, 6.45) is 0.207. The molecule has 0 saturated heterocycles. The second-order valence-corrected chi connectivity index (χ2v) is 6.33. The third kappa shape index (κ3) is 5.42. The normalized spacial score (nSPS) is 10.2. The van der Waals surface area contributed by atoms with E-state index in [9.17, 15) is 4.79 Å². The number of hydrogen-bond donors (Lipinski definition) is 2. The molecule has 150 valence electrons. The van der Waals surface area contributed by atoms with Gasteiger partial charge in [-0.3, -0.25) is 4.79 Å². The molecule has 29 heavy (non-hydrogen) atoms. The summed E-state index contributed by atoms with van der Waals surface area (Å²) < 4.78 is 15.7. The van der Waals surface area contributed by atoms with Crippen LogP contribution < -0.4 is 24.8 Å². The summed E-state index contributed by atoms with van der Waals surface area (Å²) in [6.45, 7) is 0. The van der Waals surface area contributed by atoms with Gasteiger partial charge in [-0.2, -0.15) is 0 Å². The second-order valence-electron chi connectivity index (χ2n) is 6.33. The lowest BCUT2D eigenvalue weighted by Gasteiger charge is -2.11. The Labute approximate surface area is 170 Å². The molecule has 0 aliphatic heterocycles. The standard InChI is InChI=1S/C23H24N2O4/c1-27-20-12-9-18(10-13-20)24-17-5-7-19(8-6-17)25-23(26)14-16-4-11-21(28-2)15-22(16)29-3/h4-13,15,24H,14H2,1-3H3,(H,25,26). The Kier molecular flexibility index (Phi) is 6.58. The first kappa shape index (κ1) is 20.1. The van der Waals surface area contributed by atoms with Gasteiger partial charge in [0.25, 0.3) is 0 Å². The lowest BCUT2D eigenvalue weighted by atomic mass is 10.1. The van der Waals surface area contributed by atoms with Crippen LogP contribution in [0.3, 0.4) is 0 Å². The molecule has 0 aromatic heterocycles. The molecule has 0 heterocycles. The number of rotatable bonds is 8. The number of hydrogen-bond acceptors (Lipinski definition) is 5. The average Bonchev–Trinajstić information content (AvgIpc) is 2.76. The maximum absolute atomic E-state index is 12.4. The van der Waals surface area contributed by atoms with Crippen LogP contribution in [0.25, 0.3) is 0 Å². The van der Waals surface area contributed by atoms with Gasteiger partial charge in [-0.15, -0.1) is 0 Å². The zero-order valence-corrected chi connectivity index (χ0v) is 16.7. The third-order valence-corrected chi connectivity index (χ3v) is 4.39. The Morgan fingerprint density at radius 2 is 1.28 bits per heavy atom. The Morgan fingerprint density at radius 3 is 1.86 bits per heavy atom. The van der Waals surface area contributed by atoms with Crippen molar-refractivity contribution in [3.05, 3.63) is 72.3 Å². The van der Waals surface area contributed by atoms with Crippen molar-refractivity contribution >= 4 is 23.0 Å². The van der Waals surface area contributed by atoms with E-state index in [-0.39, 0.29) is 12.3 Å². The lowest BCUT2D eigenvalue weighted by molar-refractivity contribution is -0.115. The molecule has 0 radical (unpaired) electrons. The molecule has 3 aromatic carbocycles. The van der Waals surface area contributed by atoms with Crippen LogP contribution in [0.4, 0.5) is 17.1 Å². The highest BCUT2D eigenvalue weighted by atomic mass is 16.5. The fourth-order valence-electron chi connectivity index (χ4n) is 2.85. The number of amides is 1. The molecule has 0 aliphatic carbocycles. The van der Waals surface area contributed by atoms with Crippen LogP contribution in [-0.4, -0.2) is 27.2 Å². The first-order chi connectivity index (χ1) is 14.1. The van der Waals surface area contributed by atoms with Crippen molar-refractivity contribution in [3.63, 3.8) is 0 Å². The molecule has 0 unspecified atom stereocenters. The molecule has 0 fully saturated rings. The molecule has 0 spiro atoms. The molecule has 0 atom stereocenters. The first-order valence-corrected chi connectivity index (χ1v) is 9.13. The van der Waals surface area contributed by atoms with Gasteiger partial charge in [-0.1, -0.05) is 6.07 Å². The van der Waals surface area contributed by atoms with E-state index in [1.807, 2.05) is 60.7 Å². The minimum atomic E-state index is -0.121. The van der Waals surface area contributed by atoms with Gasteiger partial charge in [0.05, 0.1) is 27.8 Å². The van der Waals surface area contributed by atoms with E-state index in [1.54, 1.807) is 27.4 Å².